The SMILES string of the molecule is CCCN1CCC(Nc2ncc(Br)c(OC)n2)CC1. The lowest BCUT2D eigenvalue weighted by molar-refractivity contribution is 0.219. The van der Waals surface area contributed by atoms with Gasteiger partial charge in [-0.2, -0.15) is 4.98 Å². The maximum Gasteiger partial charge on any atom is 0.232 e. The van der Waals surface area contributed by atoms with Crippen LogP contribution in [0.15, 0.2) is 10.7 Å². The summed E-state index contributed by atoms with van der Waals surface area (Å²) in [6.07, 6.45) is 5.23. The Hall–Kier alpha value is -0.880. The Balaban J connectivity index is 1.88. The maximum atomic E-state index is 5.18. The van der Waals surface area contributed by atoms with Crippen LogP contribution in [0.5, 0.6) is 5.88 Å². The van der Waals surface area contributed by atoms with Gasteiger partial charge in [-0.3, -0.25) is 0 Å². The molecule has 106 valence electrons. The van der Waals surface area contributed by atoms with Crippen molar-refractivity contribution in [2.75, 3.05) is 32.1 Å². The van der Waals surface area contributed by atoms with E-state index in [2.05, 4.69) is 43.0 Å². The van der Waals surface area contributed by atoms with Gasteiger partial charge in [-0.15, -0.1) is 0 Å². The van der Waals surface area contributed by atoms with Crippen LogP contribution in [0.3, 0.4) is 0 Å². The van der Waals surface area contributed by atoms with Crippen molar-refractivity contribution in [1.29, 1.82) is 0 Å². The molecule has 0 amide bonds. The predicted octanol–water partition coefficient (Wildman–Crippen LogP) is 2.53. The number of methoxy groups -OCH3 is 1. The van der Waals surface area contributed by atoms with Crippen LogP contribution in [0.4, 0.5) is 5.95 Å². The van der Waals surface area contributed by atoms with Crippen LogP contribution in [-0.4, -0.2) is 47.7 Å². The van der Waals surface area contributed by atoms with Crippen molar-refractivity contribution >= 4 is 21.9 Å². The highest BCUT2D eigenvalue weighted by atomic mass is 79.9. The summed E-state index contributed by atoms with van der Waals surface area (Å²) < 4.78 is 5.95. The van der Waals surface area contributed by atoms with Gasteiger partial charge in [0.15, 0.2) is 0 Å². The Bertz CT molecular complexity index is 408. The zero-order valence-electron chi connectivity index (χ0n) is 11.5. The first-order chi connectivity index (χ1) is 9.22. The first-order valence-corrected chi connectivity index (χ1v) is 7.57. The zero-order chi connectivity index (χ0) is 13.7. The van der Waals surface area contributed by atoms with E-state index in [-0.39, 0.29) is 0 Å². The Morgan fingerprint density at radius 2 is 2.21 bits per heavy atom. The van der Waals surface area contributed by atoms with Crippen molar-refractivity contribution in [1.82, 2.24) is 14.9 Å². The van der Waals surface area contributed by atoms with Crippen LogP contribution in [-0.2, 0) is 0 Å². The highest BCUT2D eigenvalue weighted by molar-refractivity contribution is 9.10. The standard InChI is InChI=1S/C13H21BrN4O/c1-3-6-18-7-4-10(5-8-18)16-13-15-9-11(14)12(17-13)19-2/h9-10H,3-8H2,1-2H3,(H,15,16,17). The molecule has 2 rings (SSSR count). The van der Waals surface area contributed by atoms with Gasteiger partial charge in [0.2, 0.25) is 11.8 Å². The molecule has 1 aromatic rings. The normalized spacial score (nSPS) is 17.4. The molecule has 2 heterocycles. The molecule has 0 radical (unpaired) electrons. The molecular formula is C13H21BrN4O. The lowest BCUT2D eigenvalue weighted by Crippen LogP contribution is -2.39. The van der Waals surface area contributed by atoms with E-state index in [1.54, 1.807) is 13.3 Å². The molecule has 1 aromatic heterocycles. The molecule has 1 N–H and O–H groups in total. The second-order valence-corrected chi connectivity index (χ2v) is 5.67. The number of hydrogen-bond acceptors (Lipinski definition) is 5. The van der Waals surface area contributed by atoms with Crippen molar-refractivity contribution in [3.63, 3.8) is 0 Å². The Morgan fingerprint density at radius 3 is 2.84 bits per heavy atom. The van der Waals surface area contributed by atoms with Crippen LogP contribution in [0.1, 0.15) is 26.2 Å². The molecule has 1 fully saturated rings. The second-order valence-electron chi connectivity index (χ2n) is 4.81. The zero-order valence-corrected chi connectivity index (χ0v) is 13.1. The quantitative estimate of drug-likeness (QED) is 0.900. The molecule has 0 aliphatic carbocycles. The van der Waals surface area contributed by atoms with Crippen LogP contribution in [0, 0.1) is 0 Å². The number of likely N-dealkylation sites (tertiary alicyclic amines) is 1. The number of halogens is 1. The van der Waals surface area contributed by atoms with E-state index < -0.39 is 0 Å². The van der Waals surface area contributed by atoms with Crippen molar-refractivity contribution < 1.29 is 4.74 Å². The third-order valence-electron chi connectivity index (χ3n) is 3.37. The molecule has 0 bridgehead atoms. The fraction of sp³-hybridized carbons (Fsp3) is 0.692. The fourth-order valence-corrected chi connectivity index (χ4v) is 2.72. The van der Waals surface area contributed by atoms with Crippen LogP contribution >= 0.6 is 15.9 Å². The second kappa shape index (κ2) is 7.05. The lowest BCUT2D eigenvalue weighted by atomic mass is 10.1. The number of nitrogens with zero attached hydrogens (tertiary/aromatic N) is 3. The lowest BCUT2D eigenvalue weighted by Gasteiger charge is -2.32. The molecule has 1 aliphatic rings. The summed E-state index contributed by atoms with van der Waals surface area (Å²) in [4.78, 5) is 11.1. The Labute approximate surface area is 122 Å². The minimum absolute atomic E-state index is 0.457. The molecule has 0 spiro atoms. The molecule has 5 nitrogen and oxygen atoms in total. The fourth-order valence-electron chi connectivity index (χ4n) is 2.36. The van der Waals surface area contributed by atoms with Crippen LogP contribution in [0.25, 0.3) is 0 Å². The average Bonchev–Trinajstić information content (AvgIpc) is 2.43. The van der Waals surface area contributed by atoms with Crippen molar-refractivity contribution in [3.05, 3.63) is 10.7 Å². The van der Waals surface area contributed by atoms with Crippen molar-refractivity contribution in [2.45, 2.75) is 32.2 Å². The molecule has 19 heavy (non-hydrogen) atoms. The van der Waals surface area contributed by atoms with Crippen molar-refractivity contribution in [2.24, 2.45) is 0 Å². The number of aromatic nitrogens is 2. The van der Waals surface area contributed by atoms with E-state index in [0.29, 0.717) is 17.9 Å². The van der Waals surface area contributed by atoms with Gasteiger partial charge in [0.05, 0.1) is 17.8 Å². The number of piperidine rings is 1. The van der Waals surface area contributed by atoms with E-state index in [4.69, 9.17) is 4.74 Å². The highest BCUT2D eigenvalue weighted by Crippen LogP contribution is 2.23. The van der Waals surface area contributed by atoms with Gasteiger partial charge < -0.3 is 15.0 Å². The molecule has 1 saturated heterocycles. The third-order valence-corrected chi connectivity index (χ3v) is 3.91. The smallest absolute Gasteiger partial charge is 0.232 e. The summed E-state index contributed by atoms with van der Waals surface area (Å²) >= 11 is 3.36. The van der Waals surface area contributed by atoms with Crippen LogP contribution < -0.4 is 10.1 Å². The predicted molar refractivity (Wildman–Crippen MR) is 79.7 cm³/mol. The summed E-state index contributed by atoms with van der Waals surface area (Å²) in [6.45, 7) is 5.74. The van der Waals surface area contributed by atoms with Gasteiger partial charge in [0.25, 0.3) is 0 Å². The molecule has 0 saturated carbocycles. The van der Waals surface area contributed by atoms with E-state index in [1.165, 1.54) is 13.0 Å². The minimum Gasteiger partial charge on any atom is -0.480 e. The Kier molecular flexibility index (Phi) is 5.39. The number of hydrogen-bond donors (Lipinski definition) is 1. The van der Waals surface area contributed by atoms with Gasteiger partial charge in [-0.05, 0) is 41.7 Å². The Morgan fingerprint density at radius 1 is 1.47 bits per heavy atom. The average molecular weight is 329 g/mol. The highest BCUT2D eigenvalue weighted by Gasteiger charge is 2.19. The van der Waals surface area contributed by atoms with E-state index in [9.17, 15) is 0 Å². The van der Waals surface area contributed by atoms with Gasteiger partial charge in [0, 0.05) is 19.1 Å². The molecule has 6 heteroatoms. The van der Waals surface area contributed by atoms with Gasteiger partial charge in [0.1, 0.15) is 0 Å². The summed E-state index contributed by atoms with van der Waals surface area (Å²) in [7, 11) is 1.61. The number of ether oxygens (including phenoxy) is 1. The molecular weight excluding hydrogens is 308 g/mol. The summed E-state index contributed by atoms with van der Waals surface area (Å²) in [5, 5.41) is 3.40. The summed E-state index contributed by atoms with van der Waals surface area (Å²) in [5.74, 6) is 1.22. The third kappa shape index (κ3) is 4.04. The summed E-state index contributed by atoms with van der Waals surface area (Å²) in [6, 6.07) is 0.457. The van der Waals surface area contributed by atoms with Gasteiger partial charge >= 0.3 is 0 Å². The first-order valence-electron chi connectivity index (χ1n) is 6.78. The largest absolute Gasteiger partial charge is 0.480 e. The topological polar surface area (TPSA) is 50.3 Å². The molecule has 1 aliphatic heterocycles. The van der Waals surface area contributed by atoms with E-state index in [1.807, 2.05) is 0 Å². The minimum atomic E-state index is 0.457. The monoisotopic (exact) mass is 328 g/mol. The first kappa shape index (κ1) is 14.5. The molecule has 0 aromatic carbocycles. The van der Waals surface area contributed by atoms with E-state index >= 15 is 0 Å². The number of anilines is 1. The van der Waals surface area contributed by atoms with Gasteiger partial charge in [-0.25, -0.2) is 4.98 Å². The molecule has 0 atom stereocenters. The maximum absolute atomic E-state index is 5.18. The van der Waals surface area contributed by atoms with Crippen LogP contribution in [0.2, 0.25) is 0 Å². The van der Waals surface area contributed by atoms with Gasteiger partial charge in [-0.1, -0.05) is 6.92 Å². The number of nitrogens with one attached hydrogen (secondary N) is 1. The van der Waals surface area contributed by atoms with Crippen molar-refractivity contribution in [3.8, 4) is 5.88 Å². The van der Waals surface area contributed by atoms with E-state index in [0.717, 1.165) is 30.4 Å². The number of rotatable bonds is 5. The summed E-state index contributed by atoms with van der Waals surface area (Å²) in [5.41, 5.74) is 0. The molecule has 0 unspecified atom stereocenters.